The van der Waals surface area contributed by atoms with Gasteiger partial charge in [0.2, 0.25) is 5.91 Å². The highest BCUT2D eigenvalue weighted by Gasteiger charge is 2.22. The minimum absolute atomic E-state index is 0.141. The van der Waals surface area contributed by atoms with Crippen LogP contribution in [-0.4, -0.2) is 33.4 Å². The van der Waals surface area contributed by atoms with Gasteiger partial charge in [-0.2, -0.15) is 0 Å². The van der Waals surface area contributed by atoms with Crippen LogP contribution in [0.4, 0.5) is 5.69 Å². The van der Waals surface area contributed by atoms with Gasteiger partial charge >= 0.3 is 0 Å². The van der Waals surface area contributed by atoms with E-state index in [0.717, 1.165) is 23.1 Å². The highest BCUT2D eigenvalue weighted by molar-refractivity contribution is 7.90. The van der Waals surface area contributed by atoms with Crippen molar-refractivity contribution < 1.29 is 13.2 Å². The molecule has 5 heteroatoms. The van der Waals surface area contributed by atoms with E-state index in [4.69, 9.17) is 0 Å². The third kappa shape index (κ3) is 4.66. The first-order valence-electron chi connectivity index (χ1n) is 7.39. The van der Waals surface area contributed by atoms with Gasteiger partial charge in [0.25, 0.3) is 0 Å². The molecule has 0 aromatic heterocycles. The SMILES string of the molecule is CC(CS(C)(=O)=O)C(=O)N(C)c1ccc(-c2ccccc2)cc1. The molecule has 0 N–H and O–H groups in total. The number of hydrogen-bond acceptors (Lipinski definition) is 3. The normalized spacial score (nSPS) is 12.7. The Kier molecular flexibility index (Phi) is 5.21. The third-order valence-electron chi connectivity index (χ3n) is 3.67. The van der Waals surface area contributed by atoms with Gasteiger partial charge in [-0.25, -0.2) is 8.42 Å². The average molecular weight is 331 g/mol. The van der Waals surface area contributed by atoms with Crippen LogP contribution in [0.3, 0.4) is 0 Å². The van der Waals surface area contributed by atoms with Crippen LogP contribution in [0.15, 0.2) is 54.6 Å². The maximum atomic E-state index is 12.3. The standard InChI is InChI=1S/C18H21NO3S/c1-14(13-23(3,21)22)18(20)19(2)17-11-9-16(10-12-17)15-7-5-4-6-8-15/h4-12,14H,13H2,1-3H3. The minimum Gasteiger partial charge on any atom is -0.315 e. The molecule has 1 amide bonds. The number of nitrogens with zero attached hydrogens (tertiary/aromatic N) is 1. The van der Waals surface area contributed by atoms with E-state index < -0.39 is 15.8 Å². The van der Waals surface area contributed by atoms with Crippen molar-refractivity contribution >= 4 is 21.4 Å². The van der Waals surface area contributed by atoms with E-state index in [1.807, 2.05) is 54.6 Å². The molecule has 0 bridgehead atoms. The first-order valence-corrected chi connectivity index (χ1v) is 9.45. The number of hydrogen-bond donors (Lipinski definition) is 0. The second-order valence-corrected chi connectivity index (χ2v) is 7.99. The number of carbonyl (C=O) groups excluding carboxylic acids is 1. The molecule has 0 fully saturated rings. The second kappa shape index (κ2) is 6.96. The predicted octanol–water partition coefficient (Wildman–Crippen LogP) is 3.00. The van der Waals surface area contributed by atoms with E-state index in [1.165, 1.54) is 4.90 Å². The van der Waals surface area contributed by atoms with Crippen LogP contribution in [0.25, 0.3) is 11.1 Å². The lowest BCUT2D eigenvalue weighted by molar-refractivity contribution is -0.121. The zero-order valence-corrected chi connectivity index (χ0v) is 14.4. The van der Waals surface area contributed by atoms with Crippen molar-refractivity contribution in [1.29, 1.82) is 0 Å². The van der Waals surface area contributed by atoms with Crippen LogP contribution in [0.1, 0.15) is 6.92 Å². The van der Waals surface area contributed by atoms with Gasteiger partial charge in [0, 0.05) is 24.9 Å². The fourth-order valence-electron chi connectivity index (χ4n) is 2.49. The molecule has 1 atom stereocenters. The highest BCUT2D eigenvalue weighted by Crippen LogP contribution is 2.23. The molecule has 0 aliphatic rings. The number of sulfone groups is 1. The molecule has 2 rings (SSSR count). The Morgan fingerprint density at radius 1 is 1.00 bits per heavy atom. The van der Waals surface area contributed by atoms with Crippen molar-refractivity contribution in [2.75, 3.05) is 24.0 Å². The van der Waals surface area contributed by atoms with Gasteiger partial charge in [-0.05, 0) is 23.3 Å². The number of carbonyl (C=O) groups is 1. The maximum absolute atomic E-state index is 12.3. The van der Waals surface area contributed by atoms with Crippen LogP contribution in [0, 0.1) is 5.92 Å². The summed E-state index contributed by atoms with van der Waals surface area (Å²) in [5, 5.41) is 0. The van der Waals surface area contributed by atoms with Crippen LogP contribution >= 0.6 is 0 Å². The van der Waals surface area contributed by atoms with Gasteiger partial charge in [0.1, 0.15) is 9.84 Å². The Hall–Kier alpha value is -2.14. The zero-order valence-electron chi connectivity index (χ0n) is 13.6. The van der Waals surface area contributed by atoms with Crippen molar-refractivity contribution in [2.45, 2.75) is 6.92 Å². The van der Waals surface area contributed by atoms with E-state index in [0.29, 0.717) is 0 Å². The Balaban J connectivity index is 2.14. The lowest BCUT2D eigenvalue weighted by Gasteiger charge is -2.21. The first kappa shape index (κ1) is 17.2. The van der Waals surface area contributed by atoms with Crippen LogP contribution in [0.5, 0.6) is 0 Å². The smallest absolute Gasteiger partial charge is 0.230 e. The fourth-order valence-corrected chi connectivity index (χ4v) is 3.54. The van der Waals surface area contributed by atoms with Gasteiger partial charge in [-0.1, -0.05) is 49.4 Å². The van der Waals surface area contributed by atoms with Crippen LogP contribution in [-0.2, 0) is 14.6 Å². The van der Waals surface area contributed by atoms with Gasteiger partial charge in [0.05, 0.1) is 5.75 Å². The number of rotatable bonds is 5. The van der Waals surface area contributed by atoms with Crippen LogP contribution < -0.4 is 4.90 Å². The summed E-state index contributed by atoms with van der Waals surface area (Å²) in [6.45, 7) is 1.64. The molecule has 0 heterocycles. The topological polar surface area (TPSA) is 54.5 Å². The number of anilines is 1. The summed E-state index contributed by atoms with van der Waals surface area (Å²) >= 11 is 0. The van der Waals surface area contributed by atoms with E-state index in [9.17, 15) is 13.2 Å². The molecule has 0 aliphatic heterocycles. The highest BCUT2D eigenvalue weighted by atomic mass is 32.2. The third-order valence-corrected chi connectivity index (χ3v) is 4.77. The average Bonchev–Trinajstić information content (AvgIpc) is 2.53. The van der Waals surface area contributed by atoms with Crippen molar-refractivity contribution in [3.63, 3.8) is 0 Å². The van der Waals surface area contributed by atoms with Crippen molar-refractivity contribution in [3.05, 3.63) is 54.6 Å². The summed E-state index contributed by atoms with van der Waals surface area (Å²) < 4.78 is 22.7. The summed E-state index contributed by atoms with van der Waals surface area (Å²) in [4.78, 5) is 13.8. The lowest BCUT2D eigenvalue weighted by Crippen LogP contribution is -2.34. The Morgan fingerprint density at radius 3 is 2.04 bits per heavy atom. The molecular formula is C18H21NO3S. The first-order chi connectivity index (χ1) is 10.8. The van der Waals surface area contributed by atoms with Gasteiger partial charge in [0.15, 0.2) is 0 Å². The summed E-state index contributed by atoms with van der Waals surface area (Å²) in [7, 11) is -1.51. The molecule has 0 aliphatic carbocycles. The van der Waals surface area contributed by atoms with Gasteiger partial charge in [-0.15, -0.1) is 0 Å². The molecule has 1 unspecified atom stereocenters. The summed E-state index contributed by atoms with van der Waals surface area (Å²) in [5.41, 5.74) is 2.92. The van der Waals surface area contributed by atoms with E-state index >= 15 is 0 Å². The predicted molar refractivity (Wildman–Crippen MR) is 94.2 cm³/mol. The molecule has 122 valence electrons. The Morgan fingerprint density at radius 2 is 1.52 bits per heavy atom. The molecule has 4 nitrogen and oxygen atoms in total. The number of benzene rings is 2. The van der Waals surface area contributed by atoms with Gasteiger partial charge in [-0.3, -0.25) is 4.79 Å². The Labute approximate surface area is 137 Å². The maximum Gasteiger partial charge on any atom is 0.230 e. The molecule has 2 aromatic rings. The molecule has 2 aromatic carbocycles. The van der Waals surface area contributed by atoms with Gasteiger partial charge < -0.3 is 4.90 Å². The molecule has 23 heavy (non-hydrogen) atoms. The van der Waals surface area contributed by atoms with Crippen molar-refractivity contribution in [2.24, 2.45) is 5.92 Å². The Bertz CT molecular complexity index is 768. The quantitative estimate of drug-likeness (QED) is 0.846. The van der Waals surface area contributed by atoms with Crippen LogP contribution in [0.2, 0.25) is 0 Å². The number of amides is 1. The van der Waals surface area contributed by atoms with E-state index in [-0.39, 0.29) is 11.7 Å². The molecule has 0 spiro atoms. The van der Waals surface area contributed by atoms with E-state index in [1.54, 1.807) is 14.0 Å². The molecule has 0 radical (unpaired) electrons. The molecule has 0 saturated carbocycles. The van der Waals surface area contributed by atoms with Crippen molar-refractivity contribution in [1.82, 2.24) is 0 Å². The second-order valence-electron chi connectivity index (χ2n) is 5.80. The molecular weight excluding hydrogens is 310 g/mol. The lowest BCUT2D eigenvalue weighted by atomic mass is 10.1. The van der Waals surface area contributed by atoms with Crippen molar-refractivity contribution in [3.8, 4) is 11.1 Å². The minimum atomic E-state index is -3.17. The van der Waals surface area contributed by atoms with E-state index in [2.05, 4.69) is 0 Å². The summed E-state index contributed by atoms with van der Waals surface area (Å²) in [5.74, 6) is -0.912. The summed E-state index contributed by atoms with van der Waals surface area (Å²) in [6.07, 6.45) is 1.14. The monoisotopic (exact) mass is 331 g/mol. The largest absolute Gasteiger partial charge is 0.315 e. The molecule has 0 saturated heterocycles. The fraction of sp³-hybridized carbons (Fsp3) is 0.278. The summed E-state index contributed by atoms with van der Waals surface area (Å²) in [6, 6.07) is 17.6. The zero-order chi connectivity index (χ0) is 17.0.